The lowest BCUT2D eigenvalue weighted by Crippen LogP contribution is -1.99. The third kappa shape index (κ3) is 3.77. The summed E-state index contributed by atoms with van der Waals surface area (Å²) in [5.41, 5.74) is 3.52. The van der Waals surface area contributed by atoms with Crippen LogP contribution in [0.1, 0.15) is 27.0 Å². The highest BCUT2D eigenvalue weighted by Gasteiger charge is 2.12. The first-order chi connectivity index (χ1) is 11.5. The second-order valence-corrected chi connectivity index (χ2v) is 5.47. The molecule has 0 bridgehead atoms. The molecule has 0 radical (unpaired) electrons. The molecule has 0 aliphatic carbocycles. The number of carbonyl (C=O) groups is 1. The minimum Gasteiger partial charge on any atom is -0.493 e. The third-order valence-corrected chi connectivity index (χ3v) is 3.77. The van der Waals surface area contributed by atoms with E-state index in [1.807, 2.05) is 32.0 Å². The highest BCUT2D eigenvalue weighted by atomic mass is 16.5. The Balaban J connectivity index is 2.34. The van der Waals surface area contributed by atoms with E-state index < -0.39 is 0 Å². The minimum absolute atomic E-state index is 0.0371. The summed E-state index contributed by atoms with van der Waals surface area (Å²) in [7, 11) is 4.68. The van der Waals surface area contributed by atoms with E-state index >= 15 is 0 Å². The maximum absolute atomic E-state index is 12.4. The van der Waals surface area contributed by atoms with Crippen molar-refractivity contribution in [3.05, 3.63) is 58.7 Å². The van der Waals surface area contributed by atoms with Gasteiger partial charge in [-0.3, -0.25) is 4.79 Å². The zero-order chi connectivity index (χ0) is 17.7. The molecule has 0 saturated carbocycles. The van der Waals surface area contributed by atoms with E-state index in [9.17, 15) is 4.79 Å². The van der Waals surface area contributed by atoms with Crippen molar-refractivity contribution in [3.8, 4) is 17.2 Å². The topological polar surface area (TPSA) is 44.8 Å². The summed E-state index contributed by atoms with van der Waals surface area (Å²) < 4.78 is 15.9. The molecule has 0 aliphatic heterocycles. The summed E-state index contributed by atoms with van der Waals surface area (Å²) in [4.78, 5) is 12.4. The van der Waals surface area contributed by atoms with Gasteiger partial charge >= 0.3 is 0 Å². The van der Waals surface area contributed by atoms with Crippen LogP contribution in [0.4, 0.5) is 0 Å². The predicted molar refractivity (Wildman–Crippen MR) is 95.4 cm³/mol. The van der Waals surface area contributed by atoms with Gasteiger partial charge in [0.15, 0.2) is 17.3 Å². The van der Waals surface area contributed by atoms with Crippen LogP contribution in [0.5, 0.6) is 17.2 Å². The van der Waals surface area contributed by atoms with Crippen LogP contribution in [0, 0.1) is 13.8 Å². The van der Waals surface area contributed by atoms with Crippen molar-refractivity contribution in [2.45, 2.75) is 13.8 Å². The largest absolute Gasteiger partial charge is 0.493 e. The van der Waals surface area contributed by atoms with Gasteiger partial charge in [-0.2, -0.15) is 0 Å². The second kappa shape index (κ2) is 7.68. The van der Waals surface area contributed by atoms with Crippen LogP contribution in [0.2, 0.25) is 0 Å². The van der Waals surface area contributed by atoms with Crippen LogP contribution in [-0.4, -0.2) is 27.1 Å². The molecule has 24 heavy (non-hydrogen) atoms. The van der Waals surface area contributed by atoms with E-state index in [0.717, 1.165) is 16.7 Å². The monoisotopic (exact) mass is 326 g/mol. The van der Waals surface area contributed by atoms with E-state index in [2.05, 4.69) is 0 Å². The molecule has 126 valence electrons. The first-order valence-corrected chi connectivity index (χ1v) is 7.59. The van der Waals surface area contributed by atoms with Crippen LogP contribution in [0.3, 0.4) is 0 Å². The molecule has 0 spiro atoms. The molecule has 0 aromatic heterocycles. The molecule has 0 unspecified atom stereocenters. The van der Waals surface area contributed by atoms with E-state index in [4.69, 9.17) is 14.2 Å². The molecular weight excluding hydrogens is 304 g/mol. The van der Waals surface area contributed by atoms with Crippen molar-refractivity contribution in [1.82, 2.24) is 0 Å². The van der Waals surface area contributed by atoms with Gasteiger partial charge in [-0.25, -0.2) is 0 Å². The quantitative estimate of drug-likeness (QED) is 0.589. The molecule has 4 heteroatoms. The molecule has 2 rings (SSSR count). The van der Waals surface area contributed by atoms with Crippen molar-refractivity contribution < 1.29 is 19.0 Å². The van der Waals surface area contributed by atoms with Crippen LogP contribution in [-0.2, 0) is 0 Å². The van der Waals surface area contributed by atoms with Gasteiger partial charge in [-0.1, -0.05) is 23.8 Å². The van der Waals surface area contributed by atoms with Gasteiger partial charge in [0.25, 0.3) is 0 Å². The number of ether oxygens (including phenoxy) is 3. The van der Waals surface area contributed by atoms with E-state index in [1.54, 1.807) is 45.6 Å². The molecule has 0 N–H and O–H groups in total. The molecule has 0 aliphatic rings. The number of aryl methyl sites for hydroxylation is 2. The Labute approximate surface area is 142 Å². The van der Waals surface area contributed by atoms with Gasteiger partial charge in [0.2, 0.25) is 5.75 Å². The van der Waals surface area contributed by atoms with Crippen LogP contribution in [0.25, 0.3) is 6.08 Å². The zero-order valence-corrected chi connectivity index (χ0v) is 14.7. The number of methoxy groups -OCH3 is 3. The lowest BCUT2D eigenvalue weighted by atomic mass is 10.0. The highest BCUT2D eigenvalue weighted by Crippen LogP contribution is 2.38. The Bertz CT molecular complexity index is 750. The van der Waals surface area contributed by atoms with Crippen LogP contribution >= 0.6 is 0 Å². The van der Waals surface area contributed by atoms with Gasteiger partial charge in [-0.05, 0) is 49.2 Å². The fourth-order valence-electron chi connectivity index (χ4n) is 2.46. The molecule has 0 saturated heterocycles. The number of rotatable bonds is 6. The summed E-state index contributed by atoms with van der Waals surface area (Å²) in [6.07, 6.45) is 3.30. The molecule has 0 atom stereocenters. The number of ketones is 1. The number of carbonyl (C=O) groups excluding carboxylic acids is 1. The van der Waals surface area contributed by atoms with Gasteiger partial charge in [-0.15, -0.1) is 0 Å². The number of hydrogen-bond donors (Lipinski definition) is 0. The third-order valence-electron chi connectivity index (χ3n) is 3.77. The maximum Gasteiger partial charge on any atom is 0.203 e. The lowest BCUT2D eigenvalue weighted by Gasteiger charge is -2.12. The van der Waals surface area contributed by atoms with Crippen molar-refractivity contribution >= 4 is 11.9 Å². The van der Waals surface area contributed by atoms with Crippen molar-refractivity contribution in [1.29, 1.82) is 0 Å². The van der Waals surface area contributed by atoms with E-state index in [0.29, 0.717) is 22.8 Å². The van der Waals surface area contributed by atoms with Crippen LogP contribution in [0.15, 0.2) is 36.4 Å². The van der Waals surface area contributed by atoms with Gasteiger partial charge in [0.1, 0.15) is 0 Å². The Morgan fingerprint density at radius 2 is 1.54 bits per heavy atom. The second-order valence-electron chi connectivity index (χ2n) is 5.47. The first-order valence-electron chi connectivity index (χ1n) is 7.59. The smallest absolute Gasteiger partial charge is 0.203 e. The average molecular weight is 326 g/mol. The summed E-state index contributed by atoms with van der Waals surface area (Å²) >= 11 is 0. The summed E-state index contributed by atoms with van der Waals surface area (Å²) in [5, 5.41) is 0. The molecule has 0 fully saturated rings. The van der Waals surface area contributed by atoms with Crippen molar-refractivity contribution in [2.75, 3.05) is 21.3 Å². The molecule has 0 heterocycles. The predicted octanol–water partition coefficient (Wildman–Crippen LogP) is 4.23. The Kier molecular flexibility index (Phi) is 5.64. The fraction of sp³-hybridized carbons (Fsp3) is 0.250. The number of hydrogen-bond acceptors (Lipinski definition) is 4. The summed E-state index contributed by atoms with van der Waals surface area (Å²) in [6.45, 7) is 3.90. The molecule has 2 aromatic carbocycles. The first kappa shape index (κ1) is 17.6. The highest BCUT2D eigenvalue weighted by molar-refractivity contribution is 6.07. The van der Waals surface area contributed by atoms with Crippen LogP contribution < -0.4 is 14.2 Å². The minimum atomic E-state index is -0.0371. The SMILES string of the molecule is COc1cc(/C=C/C(=O)c2cc(C)ccc2C)cc(OC)c1OC. The Morgan fingerprint density at radius 1 is 0.917 bits per heavy atom. The Hall–Kier alpha value is -2.75. The lowest BCUT2D eigenvalue weighted by molar-refractivity contribution is 0.104. The zero-order valence-electron chi connectivity index (χ0n) is 14.7. The number of allylic oxidation sites excluding steroid dienone is 1. The summed E-state index contributed by atoms with van der Waals surface area (Å²) in [5.74, 6) is 1.59. The van der Waals surface area contributed by atoms with Gasteiger partial charge < -0.3 is 14.2 Å². The fourth-order valence-corrected chi connectivity index (χ4v) is 2.46. The molecule has 2 aromatic rings. The Morgan fingerprint density at radius 3 is 2.08 bits per heavy atom. The van der Waals surface area contributed by atoms with Gasteiger partial charge in [0, 0.05) is 5.56 Å². The van der Waals surface area contributed by atoms with Gasteiger partial charge in [0.05, 0.1) is 21.3 Å². The number of benzene rings is 2. The average Bonchev–Trinajstić information content (AvgIpc) is 2.60. The molecule has 0 amide bonds. The van der Waals surface area contributed by atoms with E-state index in [-0.39, 0.29) is 5.78 Å². The maximum atomic E-state index is 12.4. The molecule has 4 nitrogen and oxygen atoms in total. The van der Waals surface area contributed by atoms with Crippen molar-refractivity contribution in [2.24, 2.45) is 0 Å². The normalized spacial score (nSPS) is 10.7. The van der Waals surface area contributed by atoms with Crippen molar-refractivity contribution in [3.63, 3.8) is 0 Å². The standard InChI is InChI=1S/C20H22O4/c1-13-6-7-14(2)16(10-13)17(21)9-8-15-11-18(22-3)20(24-5)19(12-15)23-4/h6-12H,1-5H3/b9-8+. The van der Waals surface area contributed by atoms with E-state index in [1.165, 1.54) is 0 Å². The molecular formula is C20H22O4. The summed E-state index contributed by atoms with van der Waals surface area (Å²) in [6, 6.07) is 9.45.